The first-order valence-corrected chi connectivity index (χ1v) is 9.34. The van der Waals surface area contributed by atoms with Gasteiger partial charge in [-0.3, -0.25) is 4.79 Å². The van der Waals surface area contributed by atoms with Gasteiger partial charge in [0.05, 0.1) is 5.92 Å². The van der Waals surface area contributed by atoms with Crippen molar-refractivity contribution in [3.05, 3.63) is 0 Å². The van der Waals surface area contributed by atoms with Crippen LogP contribution in [0.4, 0.5) is 0 Å². The number of rotatable bonds is 5. The number of hydrogen-bond acceptors (Lipinski definition) is 3. The fourth-order valence-electron chi connectivity index (χ4n) is 3.38. The van der Waals surface area contributed by atoms with Crippen LogP contribution < -0.4 is 4.72 Å². The van der Waals surface area contributed by atoms with Crippen LogP contribution in [0.3, 0.4) is 0 Å². The number of carboxylic acid groups (broad SMARTS) is 1. The topological polar surface area (TPSA) is 86.7 Å². The molecule has 1 aliphatic heterocycles. The Morgan fingerprint density at radius 3 is 2.24 bits per heavy atom. The summed E-state index contributed by atoms with van der Waals surface area (Å²) in [5, 5.41) is 8.96. The van der Waals surface area contributed by atoms with Crippen molar-refractivity contribution < 1.29 is 18.3 Å². The molecule has 2 fully saturated rings. The predicted octanol–water partition coefficient (Wildman–Crippen LogP) is 1.59. The Balaban J connectivity index is 1.88. The van der Waals surface area contributed by atoms with E-state index >= 15 is 0 Å². The van der Waals surface area contributed by atoms with E-state index in [1.54, 1.807) is 0 Å². The van der Waals surface area contributed by atoms with E-state index in [4.69, 9.17) is 5.11 Å². The van der Waals surface area contributed by atoms with Crippen LogP contribution in [-0.4, -0.2) is 42.9 Å². The Morgan fingerprint density at radius 2 is 1.71 bits per heavy atom. The molecule has 1 atom stereocenters. The zero-order chi connectivity index (χ0) is 15.5. The van der Waals surface area contributed by atoms with E-state index in [9.17, 15) is 13.2 Å². The molecule has 0 amide bonds. The minimum atomic E-state index is -3.49. The third kappa shape index (κ3) is 4.40. The first-order valence-electron chi connectivity index (χ1n) is 7.90. The molecule has 0 spiro atoms. The van der Waals surface area contributed by atoms with Gasteiger partial charge in [0.25, 0.3) is 10.2 Å². The predicted molar refractivity (Wildman–Crippen MR) is 80.0 cm³/mol. The molecular formula is C14H26N2O4S. The van der Waals surface area contributed by atoms with Crippen molar-refractivity contribution in [2.75, 3.05) is 13.1 Å². The van der Waals surface area contributed by atoms with Crippen LogP contribution in [0, 0.1) is 11.8 Å². The second kappa shape index (κ2) is 7.07. The van der Waals surface area contributed by atoms with E-state index < -0.39 is 22.1 Å². The van der Waals surface area contributed by atoms with E-state index in [0.717, 1.165) is 12.8 Å². The Hall–Kier alpha value is -0.660. The highest BCUT2D eigenvalue weighted by atomic mass is 32.2. The van der Waals surface area contributed by atoms with Gasteiger partial charge in [0, 0.05) is 19.1 Å². The maximum absolute atomic E-state index is 12.4. The minimum Gasteiger partial charge on any atom is -0.481 e. The SMILES string of the molecule is CC(NS(=O)(=O)N1CCC(C(=O)O)CC1)C1CCCCC1. The number of carbonyl (C=O) groups is 1. The first-order chi connectivity index (χ1) is 9.90. The molecule has 0 bridgehead atoms. The second-order valence-electron chi connectivity index (χ2n) is 6.32. The maximum atomic E-state index is 12.4. The van der Waals surface area contributed by atoms with Gasteiger partial charge in [-0.1, -0.05) is 19.3 Å². The highest BCUT2D eigenvalue weighted by Gasteiger charge is 2.33. The largest absolute Gasteiger partial charge is 0.481 e. The fourth-order valence-corrected chi connectivity index (χ4v) is 4.89. The van der Waals surface area contributed by atoms with E-state index in [2.05, 4.69) is 4.72 Å². The van der Waals surface area contributed by atoms with Gasteiger partial charge < -0.3 is 5.11 Å². The van der Waals surface area contributed by atoms with Crippen LogP contribution in [0.2, 0.25) is 0 Å². The fraction of sp³-hybridized carbons (Fsp3) is 0.929. The average molecular weight is 318 g/mol. The molecule has 0 aromatic heterocycles. The van der Waals surface area contributed by atoms with Crippen molar-refractivity contribution in [3.8, 4) is 0 Å². The molecule has 1 aliphatic carbocycles. The summed E-state index contributed by atoms with van der Waals surface area (Å²) >= 11 is 0. The van der Waals surface area contributed by atoms with E-state index in [0.29, 0.717) is 31.8 Å². The standard InChI is InChI=1S/C14H26N2O4S/c1-11(12-5-3-2-4-6-12)15-21(19,20)16-9-7-13(8-10-16)14(17)18/h11-13,15H,2-10H2,1H3,(H,17,18). The third-order valence-corrected chi connectivity index (χ3v) is 6.55. The lowest BCUT2D eigenvalue weighted by Crippen LogP contribution is -2.50. The number of piperidine rings is 1. The van der Waals surface area contributed by atoms with Gasteiger partial charge in [0.2, 0.25) is 0 Å². The molecule has 2 aliphatic rings. The first kappa shape index (κ1) is 16.7. The van der Waals surface area contributed by atoms with Gasteiger partial charge >= 0.3 is 5.97 Å². The molecule has 1 heterocycles. The molecule has 0 aromatic carbocycles. The van der Waals surface area contributed by atoms with E-state index in [1.165, 1.54) is 23.6 Å². The van der Waals surface area contributed by atoms with Gasteiger partial charge in [-0.05, 0) is 38.5 Å². The molecule has 21 heavy (non-hydrogen) atoms. The van der Waals surface area contributed by atoms with Gasteiger partial charge in [-0.25, -0.2) is 0 Å². The Morgan fingerprint density at radius 1 is 1.14 bits per heavy atom. The second-order valence-corrected chi connectivity index (χ2v) is 8.02. The third-order valence-electron chi connectivity index (χ3n) is 4.83. The van der Waals surface area contributed by atoms with Crippen molar-refractivity contribution in [2.24, 2.45) is 11.8 Å². The summed E-state index contributed by atoms with van der Waals surface area (Å²) in [4.78, 5) is 10.9. The van der Waals surface area contributed by atoms with Crippen LogP contribution in [0.1, 0.15) is 51.9 Å². The van der Waals surface area contributed by atoms with Gasteiger partial charge in [-0.2, -0.15) is 17.4 Å². The summed E-state index contributed by atoms with van der Waals surface area (Å²) in [6.45, 7) is 2.53. The highest BCUT2D eigenvalue weighted by molar-refractivity contribution is 7.87. The summed E-state index contributed by atoms with van der Waals surface area (Å²) in [5.74, 6) is -0.812. The number of nitrogens with one attached hydrogen (secondary N) is 1. The zero-order valence-corrected chi connectivity index (χ0v) is 13.4. The van der Waals surface area contributed by atoms with Crippen LogP contribution in [0.25, 0.3) is 0 Å². The summed E-state index contributed by atoms with van der Waals surface area (Å²) in [6, 6.07) is -0.0486. The van der Waals surface area contributed by atoms with Crippen LogP contribution >= 0.6 is 0 Å². The van der Waals surface area contributed by atoms with Crippen LogP contribution in [0.15, 0.2) is 0 Å². The minimum absolute atomic E-state index is 0.0486. The van der Waals surface area contributed by atoms with E-state index in [-0.39, 0.29) is 6.04 Å². The number of aliphatic carboxylic acids is 1. The lowest BCUT2D eigenvalue weighted by molar-refractivity contribution is -0.142. The highest BCUT2D eigenvalue weighted by Crippen LogP contribution is 2.27. The van der Waals surface area contributed by atoms with Crippen LogP contribution in [-0.2, 0) is 15.0 Å². The Labute approximate surface area is 127 Å². The van der Waals surface area contributed by atoms with Crippen molar-refractivity contribution >= 4 is 16.2 Å². The average Bonchev–Trinajstić information content (AvgIpc) is 2.48. The van der Waals surface area contributed by atoms with Crippen LogP contribution in [0.5, 0.6) is 0 Å². The van der Waals surface area contributed by atoms with Gasteiger partial charge in [0.1, 0.15) is 0 Å². The molecule has 0 radical (unpaired) electrons. The summed E-state index contributed by atoms with van der Waals surface area (Å²) in [7, 11) is -3.49. The molecular weight excluding hydrogens is 292 g/mol. The van der Waals surface area contributed by atoms with Crippen molar-refractivity contribution in [2.45, 2.75) is 57.9 Å². The molecule has 2 N–H and O–H groups in total. The summed E-state index contributed by atoms with van der Waals surface area (Å²) in [6.07, 6.45) is 6.58. The monoisotopic (exact) mass is 318 g/mol. The molecule has 1 saturated heterocycles. The number of hydrogen-bond donors (Lipinski definition) is 2. The molecule has 0 aromatic rings. The smallest absolute Gasteiger partial charge is 0.306 e. The molecule has 1 unspecified atom stereocenters. The molecule has 6 nitrogen and oxygen atoms in total. The van der Waals surface area contributed by atoms with Crippen molar-refractivity contribution in [3.63, 3.8) is 0 Å². The molecule has 2 rings (SSSR count). The Bertz CT molecular complexity index is 452. The normalized spacial score (nSPS) is 24.8. The van der Waals surface area contributed by atoms with E-state index in [1.807, 2.05) is 6.92 Å². The lowest BCUT2D eigenvalue weighted by atomic mass is 9.85. The van der Waals surface area contributed by atoms with Gasteiger partial charge in [0.15, 0.2) is 0 Å². The quantitative estimate of drug-likeness (QED) is 0.806. The molecule has 1 saturated carbocycles. The summed E-state index contributed by atoms with van der Waals surface area (Å²) in [5.41, 5.74) is 0. The molecule has 7 heteroatoms. The summed E-state index contributed by atoms with van der Waals surface area (Å²) < 4.78 is 29.0. The lowest BCUT2D eigenvalue weighted by Gasteiger charge is -2.33. The van der Waals surface area contributed by atoms with Crippen molar-refractivity contribution in [1.82, 2.24) is 9.03 Å². The van der Waals surface area contributed by atoms with Gasteiger partial charge in [-0.15, -0.1) is 0 Å². The number of nitrogens with zero attached hydrogens (tertiary/aromatic N) is 1. The zero-order valence-electron chi connectivity index (χ0n) is 12.6. The Kier molecular flexibility index (Phi) is 5.62. The number of carboxylic acids is 1. The molecule has 122 valence electrons. The maximum Gasteiger partial charge on any atom is 0.306 e. The van der Waals surface area contributed by atoms with Crippen molar-refractivity contribution in [1.29, 1.82) is 0 Å².